The molecule has 0 aliphatic carbocycles. The zero-order valence-electron chi connectivity index (χ0n) is 11.5. The van der Waals surface area contributed by atoms with Gasteiger partial charge in [-0.1, -0.05) is 52.4 Å². The van der Waals surface area contributed by atoms with Gasteiger partial charge in [-0.05, 0) is 19.9 Å². The number of aliphatic hydroxyl groups is 1. The third kappa shape index (κ3) is 8.12. The summed E-state index contributed by atoms with van der Waals surface area (Å²) >= 11 is 0. The highest BCUT2D eigenvalue weighted by atomic mass is 16.3. The molecule has 0 aromatic rings. The van der Waals surface area contributed by atoms with Crippen molar-refractivity contribution in [2.75, 3.05) is 20.2 Å². The van der Waals surface area contributed by atoms with E-state index in [-0.39, 0.29) is 6.61 Å². The lowest BCUT2D eigenvalue weighted by atomic mass is 10.0. The Morgan fingerprint density at radius 2 is 1.62 bits per heavy atom. The average molecular weight is 229 g/mol. The quantitative estimate of drug-likeness (QED) is 0.549. The first-order valence-corrected chi connectivity index (χ1v) is 7.07. The minimum atomic E-state index is 0.281. The minimum absolute atomic E-state index is 0.281. The van der Waals surface area contributed by atoms with E-state index in [1.807, 2.05) is 0 Å². The molecular weight excluding hydrogens is 198 g/mol. The number of rotatable bonds is 11. The van der Waals surface area contributed by atoms with E-state index in [9.17, 15) is 0 Å². The second kappa shape index (κ2) is 11.4. The molecular formula is C14H31NO. The molecule has 0 aromatic carbocycles. The van der Waals surface area contributed by atoms with Crippen LogP contribution in [-0.4, -0.2) is 36.2 Å². The highest BCUT2D eigenvalue weighted by Gasteiger charge is 2.10. The molecule has 0 radical (unpaired) electrons. The Morgan fingerprint density at radius 3 is 2.19 bits per heavy atom. The highest BCUT2D eigenvalue weighted by Crippen LogP contribution is 2.13. The van der Waals surface area contributed by atoms with Crippen LogP contribution in [0.25, 0.3) is 0 Å². The van der Waals surface area contributed by atoms with E-state index in [0.29, 0.717) is 6.04 Å². The van der Waals surface area contributed by atoms with Gasteiger partial charge in [-0.2, -0.15) is 0 Å². The molecule has 0 aliphatic rings. The van der Waals surface area contributed by atoms with E-state index in [1.165, 1.54) is 51.4 Å². The summed E-state index contributed by atoms with van der Waals surface area (Å²) in [6.07, 6.45) is 10.7. The molecule has 0 fully saturated rings. The summed E-state index contributed by atoms with van der Waals surface area (Å²) in [5.74, 6) is 0. The van der Waals surface area contributed by atoms with Crippen molar-refractivity contribution in [3.8, 4) is 0 Å². The monoisotopic (exact) mass is 229 g/mol. The molecule has 16 heavy (non-hydrogen) atoms. The summed E-state index contributed by atoms with van der Waals surface area (Å²) in [6.45, 7) is 5.60. The van der Waals surface area contributed by atoms with Gasteiger partial charge in [0.1, 0.15) is 0 Å². The molecule has 0 saturated heterocycles. The summed E-state index contributed by atoms with van der Waals surface area (Å²) < 4.78 is 0. The van der Waals surface area contributed by atoms with Gasteiger partial charge >= 0.3 is 0 Å². The maximum atomic E-state index is 8.91. The molecule has 0 aliphatic heterocycles. The van der Waals surface area contributed by atoms with Gasteiger partial charge in [-0.3, -0.25) is 0 Å². The first-order chi connectivity index (χ1) is 7.76. The standard InChI is InChI=1S/C14H31NO/c1-4-6-7-8-9-10-11-14(5-2)15(3)12-13-16/h14,16H,4-13H2,1-3H3. The molecule has 0 bridgehead atoms. The van der Waals surface area contributed by atoms with Crippen molar-refractivity contribution in [2.45, 2.75) is 71.3 Å². The van der Waals surface area contributed by atoms with Crippen LogP contribution < -0.4 is 0 Å². The molecule has 2 heteroatoms. The van der Waals surface area contributed by atoms with Gasteiger partial charge in [0.2, 0.25) is 0 Å². The second-order valence-electron chi connectivity index (χ2n) is 4.82. The highest BCUT2D eigenvalue weighted by molar-refractivity contribution is 4.66. The lowest BCUT2D eigenvalue weighted by molar-refractivity contribution is 0.168. The van der Waals surface area contributed by atoms with Gasteiger partial charge in [-0.15, -0.1) is 0 Å². The van der Waals surface area contributed by atoms with Crippen LogP contribution in [-0.2, 0) is 0 Å². The van der Waals surface area contributed by atoms with Crippen LogP contribution in [0.4, 0.5) is 0 Å². The molecule has 0 saturated carbocycles. The summed E-state index contributed by atoms with van der Waals surface area (Å²) in [5, 5.41) is 8.91. The lowest BCUT2D eigenvalue weighted by Gasteiger charge is -2.26. The average Bonchev–Trinajstić information content (AvgIpc) is 2.28. The van der Waals surface area contributed by atoms with Crippen LogP contribution >= 0.6 is 0 Å². The van der Waals surface area contributed by atoms with Gasteiger partial charge < -0.3 is 10.0 Å². The fourth-order valence-electron chi connectivity index (χ4n) is 2.24. The maximum Gasteiger partial charge on any atom is 0.0558 e. The van der Waals surface area contributed by atoms with Crippen LogP contribution in [0.5, 0.6) is 0 Å². The van der Waals surface area contributed by atoms with E-state index in [4.69, 9.17) is 5.11 Å². The molecule has 0 amide bonds. The van der Waals surface area contributed by atoms with Gasteiger partial charge in [0.25, 0.3) is 0 Å². The normalized spacial score (nSPS) is 13.3. The summed E-state index contributed by atoms with van der Waals surface area (Å²) in [4.78, 5) is 2.30. The van der Waals surface area contributed by atoms with Crippen molar-refractivity contribution in [3.05, 3.63) is 0 Å². The predicted molar refractivity (Wildman–Crippen MR) is 71.8 cm³/mol. The Balaban J connectivity index is 3.47. The van der Waals surface area contributed by atoms with Crippen molar-refractivity contribution >= 4 is 0 Å². The van der Waals surface area contributed by atoms with Crippen molar-refractivity contribution in [3.63, 3.8) is 0 Å². The summed E-state index contributed by atoms with van der Waals surface area (Å²) in [7, 11) is 2.13. The van der Waals surface area contributed by atoms with Crippen LogP contribution in [0.2, 0.25) is 0 Å². The molecule has 1 atom stereocenters. The number of unbranched alkanes of at least 4 members (excludes halogenated alkanes) is 5. The molecule has 1 N–H and O–H groups in total. The fourth-order valence-corrected chi connectivity index (χ4v) is 2.24. The van der Waals surface area contributed by atoms with Crippen molar-refractivity contribution in [1.29, 1.82) is 0 Å². The summed E-state index contributed by atoms with van der Waals surface area (Å²) in [6, 6.07) is 0.665. The van der Waals surface area contributed by atoms with Crippen molar-refractivity contribution in [1.82, 2.24) is 4.90 Å². The smallest absolute Gasteiger partial charge is 0.0558 e. The van der Waals surface area contributed by atoms with E-state index in [0.717, 1.165) is 6.54 Å². The molecule has 2 nitrogen and oxygen atoms in total. The van der Waals surface area contributed by atoms with Crippen LogP contribution in [0.15, 0.2) is 0 Å². The largest absolute Gasteiger partial charge is 0.395 e. The fraction of sp³-hybridized carbons (Fsp3) is 1.00. The van der Waals surface area contributed by atoms with E-state index in [2.05, 4.69) is 25.8 Å². The third-order valence-corrected chi connectivity index (χ3v) is 3.44. The third-order valence-electron chi connectivity index (χ3n) is 3.44. The topological polar surface area (TPSA) is 23.5 Å². The molecule has 0 rings (SSSR count). The van der Waals surface area contributed by atoms with Crippen LogP contribution in [0.1, 0.15) is 65.2 Å². The minimum Gasteiger partial charge on any atom is -0.395 e. The lowest BCUT2D eigenvalue weighted by Crippen LogP contribution is -2.33. The Labute approximate surface area is 102 Å². The number of aliphatic hydroxyl groups excluding tert-OH is 1. The first-order valence-electron chi connectivity index (χ1n) is 7.07. The van der Waals surface area contributed by atoms with E-state index < -0.39 is 0 Å². The molecule has 0 aromatic heterocycles. The first kappa shape index (κ1) is 15.9. The van der Waals surface area contributed by atoms with E-state index in [1.54, 1.807) is 0 Å². The Kier molecular flexibility index (Phi) is 11.3. The molecule has 0 spiro atoms. The Morgan fingerprint density at radius 1 is 1.00 bits per heavy atom. The second-order valence-corrected chi connectivity index (χ2v) is 4.82. The zero-order valence-corrected chi connectivity index (χ0v) is 11.5. The molecule has 1 unspecified atom stereocenters. The Bertz CT molecular complexity index is 139. The number of hydrogen-bond acceptors (Lipinski definition) is 2. The number of likely N-dealkylation sites (N-methyl/N-ethyl adjacent to an activating group) is 1. The maximum absolute atomic E-state index is 8.91. The van der Waals surface area contributed by atoms with Gasteiger partial charge in [0.15, 0.2) is 0 Å². The van der Waals surface area contributed by atoms with Gasteiger partial charge in [0, 0.05) is 12.6 Å². The SMILES string of the molecule is CCCCCCCCC(CC)N(C)CCO. The number of hydrogen-bond donors (Lipinski definition) is 1. The zero-order chi connectivity index (χ0) is 12.2. The number of nitrogens with zero attached hydrogens (tertiary/aromatic N) is 1. The predicted octanol–water partition coefficient (Wildman–Crippen LogP) is 3.44. The van der Waals surface area contributed by atoms with Crippen molar-refractivity contribution < 1.29 is 5.11 Å². The molecule has 98 valence electrons. The van der Waals surface area contributed by atoms with Gasteiger partial charge in [0.05, 0.1) is 6.61 Å². The van der Waals surface area contributed by atoms with E-state index >= 15 is 0 Å². The van der Waals surface area contributed by atoms with Crippen molar-refractivity contribution in [2.24, 2.45) is 0 Å². The van der Waals surface area contributed by atoms with Crippen LogP contribution in [0.3, 0.4) is 0 Å². The van der Waals surface area contributed by atoms with Gasteiger partial charge in [-0.25, -0.2) is 0 Å². The Hall–Kier alpha value is -0.0800. The summed E-state index contributed by atoms with van der Waals surface area (Å²) in [5.41, 5.74) is 0. The van der Waals surface area contributed by atoms with Crippen LogP contribution in [0, 0.1) is 0 Å². The molecule has 0 heterocycles.